The number of para-hydroxylation sites is 1. The van der Waals surface area contributed by atoms with Crippen LogP contribution in [-0.2, 0) is 18.4 Å². The molecule has 6 nitrogen and oxygen atoms in total. The van der Waals surface area contributed by atoms with Crippen LogP contribution in [0.1, 0.15) is 40.4 Å². The Bertz CT molecular complexity index is 771. The molecule has 0 saturated carbocycles. The van der Waals surface area contributed by atoms with E-state index in [9.17, 15) is 4.79 Å². The maximum absolute atomic E-state index is 12.8. The van der Waals surface area contributed by atoms with Gasteiger partial charge >= 0.3 is 0 Å². The van der Waals surface area contributed by atoms with Gasteiger partial charge in [-0.2, -0.15) is 0 Å². The largest absolute Gasteiger partial charge is 0.484 e. The highest BCUT2D eigenvalue weighted by molar-refractivity contribution is 8.00. The lowest BCUT2D eigenvalue weighted by Gasteiger charge is -2.32. The van der Waals surface area contributed by atoms with Gasteiger partial charge in [-0.15, -0.1) is 10.2 Å². The van der Waals surface area contributed by atoms with E-state index < -0.39 is 0 Å². The van der Waals surface area contributed by atoms with Gasteiger partial charge in [-0.1, -0.05) is 35.5 Å². The van der Waals surface area contributed by atoms with Gasteiger partial charge in [-0.25, -0.2) is 0 Å². The summed E-state index contributed by atoms with van der Waals surface area (Å²) in [7, 11) is 1.87. The fourth-order valence-electron chi connectivity index (χ4n) is 2.80. The van der Waals surface area contributed by atoms with Gasteiger partial charge < -0.3 is 14.2 Å². The fraction of sp³-hybridized carbons (Fsp3) is 0.526. The summed E-state index contributed by atoms with van der Waals surface area (Å²) < 4.78 is 7.58. The van der Waals surface area contributed by atoms with Crippen molar-refractivity contribution in [2.45, 2.75) is 63.7 Å². The summed E-state index contributed by atoms with van der Waals surface area (Å²) in [6.07, 6.45) is 0. The van der Waals surface area contributed by atoms with Crippen LogP contribution in [0, 0.1) is 0 Å². The molecular weight excluding hydrogens is 384 g/mol. The molecule has 1 heterocycles. The summed E-state index contributed by atoms with van der Waals surface area (Å²) in [5, 5.41) is 9.38. The summed E-state index contributed by atoms with van der Waals surface area (Å²) in [6.45, 7) is 10.3. The van der Waals surface area contributed by atoms with Crippen LogP contribution in [0.15, 0.2) is 29.4 Å². The maximum atomic E-state index is 12.8. The number of hydrogen-bond acceptors (Lipinski definition) is 5. The zero-order chi connectivity index (χ0) is 20.1. The lowest BCUT2D eigenvalue weighted by atomic mass is 10.2. The summed E-state index contributed by atoms with van der Waals surface area (Å²) >= 11 is 7.51. The van der Waals surface area contributed by atoms with E-state index in [2.05, 4.69) is 10.2 Å². The highest BCUT2D eigenvalue weighted by Gasteiger charge is 2.27. The standard InChI is InChI=1S/C19H27ClN4O2S/c1-12(2)24(13(3)4)18(25)14(5)27-19-22-21-17(23(19)6)11-26-16-10-8-7-9-15(16)20/h7-10,12-14H,11H2,1-6H3. The zero-order valence-electron chi connectivity index (χ0n) is 16.6. The first-order chi connectivity index (χ1) is 12.7. The highest BCUT2D eigenvalue weighted by Crippen LogP contribution is 2.26. The van der Waals surface area contributed by atoms with Crippen molar-refractivity contribution in [2.24, 2.45) is 7.05 Å². The minimum atomic E-state index is -0.255. The molecule has 8 heteroatoms. The normalized spacial score (nSPS) is 12.5. The minimum absolute atomic E-state index is 0.0990. The van der Waals surface area contributed by atoms with Crippen molar-refractivity contribution in [3.63, 3.8) is 0 Å². The van der Waals surface area contributed by atoms with Gasteiger partial charge in [-0.05, 0) is 46.8 Å². The Kier molecular flexibility index (Phi) is 7.56. The van der Waals surface area contributed by atoms with E-state index in [0.29, 0.717) is 21.8 Å². The molecule has 1 aromatic carbocycles. The van der Waals surface area contributed by atoms with E-state index in [1.54, 1.807) is 6.07 Å². The number of carbonyl (C=O) groups is 1. The van der Waals surface area contributed by atoms with E-state index in [-0.39, 0.29) is 29.8 Å². The van der Waals surface area contributed by atoms with Crippen LogP contribution in [-0.4, -0.2) is 42.9 Å². The minimum Gasteiger partial charge on any atom is -0.484 e. The Morgan fingerprint density at radius 1 is 1.19 bits per heavy atom. The highest BCUT2D eigenvalue weighted by atomic mass is 35.5. The molecule has 148 valence electrons. The molecule has 1 unspecified atom stereocenters. The molecule has 0 aliphatic rings. The van der Waals surface area contributed by atoms with Crippen molar-refractivity contribution in [1.82, 2.24) is 19.7 Å². The molecule has 0 aliphatic carbocycles. The number of amides is 1. The Labute approximate surface area is 170 Å². The van der Waals surface area contributed by atoms with Gasteiger partial charge in [0.25, 0.3) is 0 Å². The van der Waals surface area contributed by atoms with Crippen molar-refractivity contribution in [2.75, 3.05) is 0 Å². The topological polar surface area (TPSA) is 60.3 Å². The Morgan fingerprint density at radius 2 is 1.81 bits per heavy atom. The van der Waals surface area contributed by atoms with Crippen molar-refractivity contribution >= 4 is 29.3 Å². The third-order valence-electron chi connectivity index (χ3n) is 4.12. The number of nitrogens with zero attached hydrogens (tertiary/aromatic N) is 4. The number of thioether (sulfide) groups is 1. The predicted octanol–water partition coefficient (Wildman–Crippen LogP) is 4.17. The number of ether oxygens (including phenoxy) is 1. The second-order valence-electron chi connectivity index (χ2n) is 6.87. The van der Waals surface area contributed by atoms with Gasteiger partial charge in [-0.3, -0.25) is 4.79 Å². The molecule has 27 heavy (non-hydrogen) atoms. The van der Waals surface area contributed by atoms with Crippen molar-refractivity contribution in [3.8, 4) is 5.75 Å². The Morgan fingerprint density at radius 3 is 2.41 bits per heavy atom. The number of benzene rings is 1. The van der Waals surface area contributed by atoms with Gasteiger partial charge in [0.15, 0.2) is 11.0 Å². The lowest BCUT2D eigenvalue weighted by Crippen LogP contribution is -2.45. The first kappa shape index (κ1) is 21.6. The summed E-state index contributed by atoms with van der Waals surface area (Å²) in [6, 6.07) is 7.60. The number of carbonyl (C=O) groups excluding carboxylic acids is 1. The van der Waals surface area contributed by atoms with E-state index >= 15 is 0 Å². The summed E-state index contributed by atoms with van der Waals surface area (Å²) in [5.41, 5.74) is 0. The zero-order valence-corrected chi connectivity index (χ0v) is 18.2. The molecule has 1 atom stereocenters. The van der Waals surface area contributed by atoms with Gasteiger partial charge in [0.1, 0.15) is 12.4 Å². The van der Waals surface area contributed by atoms with Gasteiger partial charge in [0.05, 0.1) is 10.3 Å². The molecule has 2 aromatic rings. The molecule has 0 spiro atoms. The predicted molar refractivity (Wildman–Crippen MR) is 109 cm³/mol. The molecule has 1 amide bonds. The molecule has 2 rings (SSSR count). The van der Waals surface area contributed by atoms with E-state index in [4.69, 9.17) is 16.3 Å². The number of rotatable bonds is 8. The molecular formula is C19H27ClN4O2S. The van der Waals surface area contributed by atoms with Crippen LogP contribution >= 0.6 is 23.4 Å². The van der Waals surface area contributed by atoms with Crippen LogP contribution in [0.5, 0.6) is 5.75 Å². The third-order valence-corrected chi connectivity index (χ3v) is 5.55. The quantitative estimate of drug-likeness (QED) is 0.611. The molecule has 0 fully saturated rings. The second-order valence-corrected chi connectivity index (χ2v) is 8.59. The second kappa shape index (κ2) is 9.46. The molecule has 0 N–H and O–H groups in total. The van der Waals surface area contributed by atoms with Crippen LogP contribution in [0.25, 0.3) is 0 Å². The Hall–Kier alpha value is -1.73. The Balaban J connectivity index is 2.04. The molecule has 0 bridgehead atoms. The number of halogens is 1. The summed E-state index contributed by atoms with van der Waals surface area (Å²) in [5.74, 6) is 1.37. The monoisotopic (exact) mass is 410 g/mol. The smallest absolute Gasteiger partial charge is 0.236 e. The molecule has 1 aromatic heterocycles. The lowest BCUT2D eigenvalue weighted by molar-refractivity contribution is -0.133. The molecule has 0 radical (unpaired) electrons. The van der Waals surface area contributed by atoms with Crippen molar-refractivity contribution in [3.05, 3.63) is 35.1 Å². The van der Waals surface area contributed by atoms with Crippen molar-refractivity contribution < 1.29 is 9.53 Å². The van der Waals surface area contributed by atoms with Crippen LogP contribution in [0.2, 0.25) is 5.02 Å². The van der Waals surface area contributed by atoms with Crippen molar-refractivity contribution in [1.29, 1.82) is 0 Å². The van der Waals surface area contributed by atoms with E-state index in [0.717, 1.165) is 0 Å². The number of aromatic nitrogens is 3. The van der Waals surface area contributed by atoms with Crippen LogP contribution < -0.4 is 4.74 Å². The number of hydrogen-bond donors (Lipinski definition) is 0. The molecule has 0 aliphatic heterocycles. The maximum Gasteiger partial charge on any atom is 0.236 e. The average molecular weight is 411 g/mol. The summed E-state index contributed by atoms with van der Waals surface area (Å²) in [4.78, 5) is 14.7. The van der Waals surface area contributed by atoms with Crippen LogP contribution in [0.4, 0.5) is 0 Å². The average Bonchev–Trinajstić information content (AvgIpc) is 2.93. The fourth-order valence-corrected chi connectivity index (χ4v) is 3.88. The van der Waals surface area contributed by atoms with Gasteiger partial charge in [0, 0.05) is 19.1 Å². The molecule has 0 saturated heterocycles. The van der Waals surface area contributed by atoms with E-state index in [1.807, 2.05) is 69.3 Å². The van der Waals surface area contributed by atoms with Crippen LogP contribution in [0.3, 0.4) is 0 Å². The third kappa shape index (κ3) is 5.39. The SMILES string of the molecule is CC(Sc1nnc(COc2ccccc2Cl)n1C)C(=O)N(C(C)C)C(C)C. The first-order valence-corrected chi connectivity index (χ1v) is 10.2. The van der Waals surface area contributed by atoms with Gasteiger partial charge in [0.2, 0.25) is 5.91 Å². The van der Waals surface area contributed by atoms with E-state index in [1.165, 1.54) is 11.8 Å². The first-order valence-electron chi connectivity index (χ1n) is 8.96.